The minimum absolute atomic E-state index is 0.171. The van der Waals surface area contributed by atoms with Crippen LogP contribution in [0.25, 0.3) is 0 Å². The van der Waals surface area contributed by atoms with Gasteiger partial charge in [0.2, 0.25) is 5.91 Å². The quantitative estimate of drug-likeness (QED) is 0.869. The summed E-state index contributed by atoms with van der Waals surface area (Å²) in [6.07, 6.45) is 0. The summed E-state index contributed by atoms with van der Waals surface area (Å²) < 4.78 is 0. The number of anilines is 1. The van der Waals surface area contributed by atoms with Crippen molar-refractivity contribution in [3.63, 3.8) is 0 Å². The lowest BCUT2D eigenvalue weighted by molar-refractivity contribution is -0.117. The molecule has 0 atom stereocenters. The molecular weight excluding hydrogens is 274 g/mol. The number of likely N-dealkylation sites (N-methyl/N-ethyl adjacent to an activating group) is 1. The second-order valence-electron chi connectivity index (χ2n) is 5.63. The molecule has 0 spiro atoms. The van der Waals surface area contributed by atoms with E-state index in [0.717, 1.165) is 10.4 Å². The number of aliphatic hydroxyl groups is 1. The van der Waals surface area contributed by atoms with Gasteiger partial charge in [0.1, 0.15) is 11.1 Å². The topological polar surface area (TPSA) is 76.4 Å². The lowest BCUT2D eigenvalue weighted by Gasteiger charge is -2.24. The van der Waals surface area contributed by atoms with Gasteiger partial charge in [0.05, 0.1) is 17.7 Å². The number of rotatable bonds is 5. The highest BCUT2D eigenvalue weighted by Gasteiger charge is 2.19. The first-order valence-electron chi connectivity index (χ1n) is 6.35. The molecule has 0 aliphatic heterocycles. The Morgan fingerprint density at radius 1 is 1.50 bits per heavy atom. The van der Waals surface area contributed by atoms with E-state index in [9.17, 15) is 9.90 Å². The number of hydrogen-bond donors (Lipinski definition) is 2. The van der Waals surface area contributed by atoms with Gasteiger partial charge in [-0.3, -0.25) is 9.69 Å². The summed E-state index contributed by atoms with van der Waals surface area (Å²) in [6.45, 7) is 7.76. The van der Waals surface area contributed by atoms with Crippen LogP contribution in [0.15, 0.2) is 0 Å². The van der Waals surface area contributed by atoms with Gasteiger partial charge in [-0.05, 0) is 40.3 Å². The van der Waals surface area contributed by atoms with Crippen LogP contribution in [-0.2, 0) is 4.79 Å². The summed E-state index contributed by atoms with van der Waals surface area (Å²) in [6, 6.07) is 2.12. The minimum Gasteiger partial charge on any atom is -0.389 e. The number of aryl methyl sites for hydroxylation is 1. The molecule has 6 heteroatoms. The highest BCUT2D eigenvalue weighted by molar-refractivity contribution is 7.16. The molecule has 0 aliphatic carbocycles. The lowest BCUT2D eigenvalue weighted by Crippen LogP contribution is -2.40. The first-order chi connectivity index (χ1) is 9.14. The third-order valence-corrected chi connectivity index (χ3v) is 3.94. The molecule has 5 nitrogen and oxygen atoms in total. The van der Waals surface area contributed by atoms with E-state index in [1.54, 1.807) is 25.8 Å². The van der Waals surface area contributed by atoms with Crippen LogP contribution in [0.5, 0.6) is 0 Å². The predicted octanol–water partition coefficient (Wildman–Crippen LogP) is 1.88. The summed E-state index contributed by atoms with van der Waals surface area (Å²) in [5.74, 6) is -0.186. The molecule has 1 aromatic heterocycles. The number of nitrogens with one attached hydrogen (secondary N) is 1. The van der Waals surface area contributed by atoms with Crippen LogP contribution >= 0.6 is 11.3 Å². The minimum atomic E-state index is -0.844. The van der Waals surface area contributed by atoms with Gasteiger partial charge in [0, 0.05) is 11.4 Å². The number of thiophene rings is 1. The van der Waals surface area contributed by atoms with E-state index in [-0.39, 0.29) is 12.5 Å². The van der Waals surface area contributed by atoms with Crippen molar-refractivity contribution in [2.75, 3.05) is 25.5 Å². The number of nitrogens with zero attached hydrogens (tertiary/aromatic N) is 2. The van der Waals surface area contributed by atoms with Gasteiger partial charge in [0.25, 0.3) is 0 Å². The average Bonchev–Trinajstić information content (AvgIpc) is 2.50. The van der Waals surface area contributed by atoms with E-state index in [0.29, 0.717) is 17.1 Å². The number of amides is 1. The van der Waals surface area contributed by atoms with E-state index in [4.69, 9.17) is 5.26 Å². The SMILES string of the molecule is Cc1sc(NC(=O)CN(C)CC(C)(C)O)c(C#N)c1C. The summed E-state index contributed by atoms with van der Waals surface area (Å²) in [5.41, 5.74) is 0.604. The molecule has 110 valence electrons. The van der Waals surface area contributed by atoms with Crippen molar-refractivity contribution < 1.29 is 9.90 Å². The number of carbonyl (C=O) groups is 1. The normalized spacial score (nSPS) is 11.5. The van der Waals surface area contributed by atoms with Crippen LogP contribution < -0.4 is 5.32 Å². The monoisotopic (exact) mass is 295 g/mol. The Balaban J connectivity index is 2.68. The lowest BCUT2D eigenvalue weighted by atomic mass is 10.1. The zero-order valence-electron chi connectivity index (χ0n) is 12.6. The smallest absolute Gasteiger partial charge is 0.239 e. The van der Waals surface area contributed by atoms with E-state index >= 15 is 0 Å². The largest absolute Gasteiger partial charge is 0.389 e. The van der Waals surface area contributed by atoms with Gasteiger partial charge in [-0.2, -0.15) is 5.26 Å². The predicted molar refractivity (Wildman–Crippen MR) is 80.9 cm³/mol. The molecule has 2 N–H and O–H groups in total. The fourth-order valence-corrected chi connectivity index (χ4v) is 3.00. The summed E-state index contributed by atoms with van der Waals surface area (Å²) in [4.78, 5) is 14.7. The second-order valence-corrected chi connectivity index (χ2v) is 6.86. The number of hydrogen-bond acceptors (Lipinski definition) is 5. The van der Waals surface area contributed by atoms with Gasteiger partial charge < -0.3 is 10.4 Å². The zero-order valence-corrected chi connectivity index (χ0v) is 13.4. The maximum Gasteiger partial charge on any atom is 0.239 e. The van der Waals surface area contributed by atoms with Gasteiger partial charge >= 0.3 is 0 Å². The Hall–Kier alpha value is -1.42. The van der Waals surface area contributed by atoms with Gasteiger partial charge in [-0.15, -0.1) is 11.3 Å². The molecule has 1 aromatic rings. The number of nitriles is 1. The van der Waals surface area contributed by atoms with E-state index < -0.39 is 5.60 Å². The van der Waals surface area contributed by atoms with Crippen molar-refractivity contribution in [1.29, 1.82) is 5.26 Å². The first kappa shape index (κ1) is 16.6. The fourth-order valence-electron chi connectivity index (χ4n) is 1.98. The molecule has 1 amide bonds. The van der Waals surface area contributed by atoms with Crippen molar-refractivity contribution in [1.82, 2.24) is 4.90 Å². The van der Waals surface area contributed by atoms with Gasteiger partial charge in [0.15, 0.2) is 0 Å². The zero-order chi connectivity index (χ0) is 15.5. The molecule has 0 fully saturated rings. The molecule has 0 unspecified atom stereocenters. The average molecular weight is 295 g/mol. The maximum atomic E-state index is 12.0. The van der Waals surface area contributed by atoms with E-state index in [1.807, 2.05) is 13.8 Å². The summed E-state index contributed by atoms with van der Waals surface area (Å²) in [5, 5.41) is 22.2. The van der Waals surface area contributed by atoms with Crippen molar-refractivity contribution in [3.8, 4) is 6.07 Å². The highest BCUT2D eigenvalue weighted by Crippen LogP contribution is 2.31. The number of carbonyl (C=O) groups excluding carboxylic acids is 1. The summed E-state index contributed by atoms with van der Waals surface area (Å²) >= 11 is 1.41. The molecule has 1 heterocycles. The van der Waals surface area contributed by atoms with Crippen molar-refractivity contribution in [2.24, 2.45) is 0 Å². The van der Waals surface area contributed by atoms with Crippen molar-refractivity contribution in [3.05, 3.63) is 16.0 Å². The molecule has 0 saturated carbocycles. The third-order valence-electron chi connectivity index (χ3n) is 2.82. The Labute approximate surface area is 123 Å². The standard InChI is InChI=1S/C14H21N3O2S/c1-9-10(2)20-13(11(9)6-15)16-12(18)7-17(5)8-14(3,4)19/h19H,7-8H2,1-5H3,(H,16,18). The second kappa shape index (κ2) is 6.35. The van der Waals surface area contributed by atoms with Crippen molar-refractivity contribution >= 4 is 22.2 Å². The van der Waals surface area contributed by atoms with E-state index in [1.165, 1.54) is 11.3 Å². The molecular formula is C14H21N3O2S. The van der Waals surface area contributed by atoms with Crippen LogP contribution in [0.3, 0.4) is 0 Å². The molecule has 0 bridgehead atoms. The van der Waals surface area contributed by atoms with Gasteiger partial charge in [-0.25, -0.2) is 0 Å². The van der Waals surface area contributed by atoms with Crippen LogP contribution in [0.1, 0.15) is 29.9 Å². The van der Waals surface area contributed by atoms with Crippen LogP contribution in [0.4, 0.5) is 5.00 Å². The summed E-state index contributed by atoms with van der Waals surface area (Å²) in [7, 11) is 1.77. The van der Waals surface area contributed by atoms with Crippen LogP contribution in [-0.4, -0.2) is 41.7 Å². The molecule has 0 aromatic carbocycles. The molecule has 1 rings (SSSR count). The molecule has 0 aliphatic rings. The molecule has 20 heavy (non-hydrogen) atoms. The van der Waals surface area contributed by atoms with Crippen LogP contribution in [0, 0.1) is 25.2 Å². The third kappa shape index (κ3) is 4.60. The molecule has 0 saturated heterocycles. The van der Waals surface area contributed by atoms with Crippen molar-refractivity contribution in [2.45, 2.75) is 33.3 Å². The van der Waals surface area contributed by atoms with E-state index in [2.05, 4.69) is 11.4 Å². The Morgan fingerprint density at radius 3 is 2.60 bits per heavy atom. The maximum absolute atomic E-state index is 12.0. The fraction of sp³-hybridized carbons (Fsp3) is 0.571. The Kier molecular flexibility index (Phi) is 5.28. The first-order valence-corrected chi connectivity index (χ1v) is 7.16. The highest BCUT2D eigenvalue weighted by atomic mass is 32.1. The Bertz CT molecular complexity index is 538. The Morgan fingerprint density at radius 2 is 2.10 bits per heavy atom. The van der Waals surface area contributed by atoms with Gasteiger partial charge in [-0.1, -0.05) is 0 Å². The van der Waals surface area contributed by atoms with Crippen LogP contribution in [0.2, 0.25) is 0 Å². The molecule has 0 radical (unpaired) electrons.